The number of ether oxygens (including phenoxy) is 1. The minimum atomic E-state index is -1.14. The predicted octanol–water partition coefficient (Wildman–Crippen LogP) is 3.74. The zero-order valence-corrected chi connectivity index (χ0v) is 14.5. The van der Waals surface area contributed by atoms with Gasteiger partial charge < -0.3 is 20.1 Å². The molecule has 3 rings (SSSR count). The van der Waals surface area contributed by atoms with Crippen LogP contribution < -0.4 is 5.32 Å². The molecule has 0 aliphatic rings. The Morgan fingerprint density at radius 1 is 1.19 bits per heavy atom. The Bertz CT molecular complexity index is 924. The number of fused-ring (bicyclic) bond motifs is 1. The van der Waals surface area contributed by atoms with E-state index in [1.54, 1.807) is 18.3 Å². The number of nitrogens with one attached hydrogen (secondary N) is 2. The number of aromatic nitrogens is 1. The molecule has 1 heterocycles. The fourth-order valence-electron chi connectivity index (χ4n) is 2.65. The van der Waals surface area contributed by atoms with Crippen molar-refractivity contribution < 1.29 is 19.4 Å². The van der Waals surface area contributed by atoms with E-state index in [-0.39, 0.29) is 13.0 Å². The number of benzene rings is 2. The van der Waals surface area contributed by atoms with Crippen molar-refractivity contribution in [1.82, 2.24) is 10.3 Å². The van der Waals surface area contributed by atoms with Crippen molar-refractivity contribution in [3.8, 4) is 0 Å². The molecule has 6 nitrogen and oxygen atoms in total. The van der Waals surface area contributed by atoms with E-state index in [9.17, 15) is 14.7 Å². The van der Waals surface area contributed by atoms with Crippen molar-refractivity contribution in [2.75, 3.05) is 0 Å². The number of aliphatic carboxylic acids is 1. The van der Waals surface area contributed by atoms with Crippen LogP contribution in [0.4, 0.5) is 4.79 Å². The number of alkyl carbamates (subject to hydrolysis) is 1. The first-order valence-electron chi connectivity index (χ1n) is 7.98. The summed E-state index contributed by atoms with van der Waals surface area (Å²) in [6.45, 7) is 0.0711. The quantitative estimate of drug-likeness (QED) is 0.614. The molecule has 3 aromatic rings. The maximum absolute atomic E-state index is 12.0. The number of carboxylic acid groups (broad SMARTS) is 1. The van der Waals surface area contributed by atoms with Gasteiger partial charge in [0.25, 0.3) is 0 Å². The molecule has 1 atom stereocenters. The topological polar surface area (TPSA) is 91.4 Å². The Kier molecular flexibility index (Phi) is 5.43. The van der Waals surface area contributed by atoms with Crippen molar-refractivity contribution in [2.24, 2.45) is 0 Å². The maximum Gasteiger partial charge on any atom is 0.408 e. The third-order valence-electron chi connectivity index (χ3n) is 3.96. The summed E-state index contributed by atoms with van der Waals surface area (Å²) in [5.41, 5.74) is 2.42. The zero-order chi connectivity index (χ0) is 18.5. The smallest absolute Gasteiger partial charge is 0.408 e. The maximum atomic E-state index is 12.0. The molecule has 134 valence electrons. The van der Waals surface area contributed by atoms with Crippen LogP contribution >= 0.6 is 11.6 Å². The van der Waals surface area contributed by atoms with Crippen LogP contribution in [0.3, 0.4) is 0 Å². The summed E-state index contributed by atoms with van der Waals surface area (Å²) in [4.78, 5) is 26.5. The second-order valence-electron chi connectivity index (χ2n) is 5.80. The van der Waals surface area contributed by atoms with E-state index >= 15 is 0 Å². The second-order valence-corrected chi connectivity index (χ2v) is 6.24. The number of halogens is 1. The van der Waals surface area contributed by atoms with E-state index in [1.165, 1.54) is 0 Å². The molecule has 0 saturated heterocycles. The van der Waals surface area contributed by atoms with E-state index in [1.807, 2.05) is 36.4 Å². The van der Waals surface area contributed by atoms with Crippen LogP contribution in [0, 0.1) is 0 Å². The van der Waals surface area contributed by atoms with Gasteiger partial charge >= 0.3 is 12.1 Å². The molecule has 7 heteroatoms. The van der Waals surface area contributed by atoms with Gasteiger partial charge in [0.05, 0.1) is 0 Å². The van der Waals surface area contributed by atoms with Gasteiger partial charge in [0.1, 0.15) is 12.6 Å². The SMILES string of the molecule is O=C(NC(Cc1c[nH]c2ccc(Cl)cc12)C(=O)O)OCc1ccccc1. The molecule has 1 aromatic heterocycles. The number of H-pyrrole nitrogens is 1. The number of amides is 1. The molecule has 3 N–H and O–H groups in total. The Balaban J connectivity index is 1.66. The molecule has 0 aliphatic heterocycles. The molecule has 0 aliphatic carbocycles. The Labute approximate surface area is 154 Å². The molecule has 1 amide bonds. The minimum absolute atomic E-state index is 0.0711. The van der Waals surface area contributed by atoms with Gasteiger partial charge in [-0.2, -0.15) is 0 Å². The number of carboxylic acids is 1. The van der Waals surface area contributed by atoms with Crippen LogP contribution in [-0.2, 0) is 22.6 Å². The lowest BCUT2D eigenvalue weighted by Gasteiger charge is -2.14. The summed E-state index contributed by atoms with van der Waals surface area (Å²) < 4.78 is 5.09. The summed E-state index contributed by atoms with van der Waals surface area (Å²) >= 11 is 6.01. The first kappa shape index (κ1) is 17.8. The molecule has 0 fully saturated rings. The first-order chi connectivity index (χ1) is 12.5. The number of rotatable bonds is 6. The van der Waals surface area contributed by atoms with E-state index in [4.69, 9.17) is 16.3 Å². The first-order valence-corrected chi connectivity index (χ1v) is 8.36. The highest BCUT2D eigenvalue weighted by Gasteiger charge is 2.22. The molecule has 26 heavy (non-hydrogen) atoms. The standard InChI is InChI=1S/C19H17ClN2O4/c20-14-6-7-16-15(9-14)13(10-21-16)8-17(18(23)24)22-19(25)26-11-12-4-2-1-3-5-12/h1-7,9-10,17,21H,8,11H2,(H,22,25)(H,23,24). The molecule has 1 unspecified atom stereocenters. The average molecular weight is 373 g/mol. The van der Waals surface area contributed by atoms with Crippen LogP contribution in [0.2, 0.25) is 5.02 Å². The lowest BCUT2D eigenvalue weighted by atomic mass is 10.1. The fraction of sp³-hybridized carbons (Fsp3) is 0.158. The van der Waals surface area contributed by atoms with Crippen molar-refractivity contribution in [2.45, 2.75) is 19.1 Å². The number of aromatic amines is 1. The highest BCUT2D eigenvalue weighted by molar-refractivity contribution is 6.31. The van der Waals surface area contributed by atoms with Gasteiger partial charge in [-0.15, -0.1) is 0 Å². The lowest BCUT2D eigenvalue weighted by molar-refractivity contribution is -0.139. The number of hydrogen-bond acceptors (Lipinski definition) is 3. The van der Waals surface area contributed by atoms with Crippen molar-refractivity contribution in [3.63, 3.8) is 0 Å². The summed E-state index contributed by atoms with van der Waals surface area (Å²) in [6.07, 6.45) is 1.04. The van der Waals surface area contributed by atoms with Crippen LogP contribution in [0.1, 0.15) is 11.1 Å². The third-order valence-corrected chi connectivity index (χ3v) is 4.19. The number of carbonyl (C=O) groups excluding carboxylic acids is 1. The molecule has 0 saturated carbocycles. The van der Waals surface area contributed by atoms with E-state index in [2.05, 4.69) is 10.3 Å². The lowest BCUT2D eigenvalue weighted by Crippen LogP contribution is -2.42. The monoisotopic (exact) mass is 372 g/mol. The average Bonchev–Trinajstić information content (AvgIpc) is 3.02. The van der Waals surface area contributed by atoms with Gasteiger partial charge in [0.2, 0.25) is 0 Å². The van der Waals surface area contributed by atoms with Crippen LogP contribution in [-0.4, -0.2) is 28.2 Å². The van der Waals surface area contributed by atoms with Gasteiger partial charge in [0, 0.05) is 28.5 Å². The Morgan fingerprint density at radius 3 is 2.69 bits per heavy atom. The third kappa shape index (κ3) is 4.34. The molecular formula is C19H17ClN2O4. The predicted molar refractivity (Wildman–Crippen MR) is 98.2 cm³/mol. The van der Waals surface area contributed by atoms with Gasteiger partial charge in [0.15, 0.2) is 0 Å². The fourth-order valence-corrected chi connectivity index (χ4v) is 2.82. The number of hydrogen-bond donors (Lipinski definition) is 3. The number of carbonyl (C=O) groups is 2. The Morgan fingerprint density at radius 2 is 1.96 bits per heavy atom. The van der Waals surface area contributed by atoms with Crippen molar-refractivity contribution in [3.05, 3.63) is 70.9 Å². The second kappa shape index (κ2) is 7.93. The molecule has 0 bridgehead atoms. The summed E-state index contributed by atoms with van der Waals surface area (Å²) in [5, 5.41) is 13.2. The van der Waals surface area contributed by atoms with Crippen LogP contribution in [0.25, 0.3) is 10.9 Å². The van der Waals surface area contributed by atoms with Gasteiger partial charge in [-0.25, -0.2) is 9.59 Å². The van der Waals surface area contributed by atoms with Crippen LogP contribution in [0.5, 0.6) is 0 Å². The largest absolute Gasteiger partial charge is 0.480 e. The normalized spacial score (nSPS) is 11.9. The molecule has 2 aromatic carbocycles. The van der Waals surface area contributed by atoms with Crippen molar-refractivity contribution >= 4 is 34.6 Å². The molecule has 0 radical (unpaired) electrons. The van der Waals surface area contributed by atoms with Gasteiger partial charge in [-0.1, -0.05) is 41.9 Å². The van der Waals surface area contributed by atoms with Gasteiger partial charge in [-0.05, 0) is 29.3 Å². The van der Waals surface area contributed by atoms with Crippen molar-refractivity contribution in [1.29, 1.82) is 0 Å². The zero-order valence-electron chi connectivity index (χ0n) is 13.7. The molecule has 0 spiro atoms. The van der Waals surface area contributed by atoms with E-state index in [0.29, 0.717) is 5.02 Å². The highest BCUT2D eigenvalue weighted by atomic mass is 35.5. The van der Waals surface area contributed by atoms with Gasteiger partial charge in [-0.3, -0.25) is 0 Å². The summed E-state index contributed by atoms with van der Waals surface area (Å²) in [7, 11) is 0. The summed E-state index contributed by atoms with van der Waals surface area (Å²) in [5.74, 6) is -1.14. The summed E-state index contributed by atoms with van der Waals surface area (Å²) in [6, 6.07) is 13.4. The Hall–Kier alpha value is -2.99. The minimum Gasteiger partial charge on any atom is -0.480 e. The highest BCUT2D eigenvalue weighted by Crippen LogP contribution is 2.23. The van der Waals surface area contributed by atoms with E-state index in [0.717, 1.165) is 22.0 Å². The van der Waals surface area contributed by atoms with E-state index < -0.39 is 18.1 Å². The van der Waals surface area contributed by atoms with Crippen LogP contribution in [0.15, 0.2) is 54.7 Å². The molecular weight excluding hydrogens is 356 g/mol.